The van der Waals surface area contributed by atoms with Gasteiger partial charge in [-0.1, -0.05) is 24.3 Å². The van der Waals surface area contributed by atoms with Crippen LogP contribution in [-0.4, -0.2) is 18.1 Å². The number of H-pyrrole nitrogens is 1. The Balaban J connectivity index is 1.88. The lowest BCUT2D eigenvalue weighted by Crippen LogP contribution is -2.36. The van der Waals surface area contributed by atoms with Crippen molar-refractivity contribution in [3.05, 3.63) is 68.6 Å². The number of aromatic amines is 1. The Morgan fingerprint density at radius 1 is 1.12 bits per heavy atom. The van der Waals surface area contributed by atoms with E-state index in [9.17, 15) is 9.59 Å². The third kappa shape index (κ3) is 4.96. The number of carbonyl (C=O) groups is 1. The topological polar surface area (TPSA) is 83.2 Å². The standard InChI is InChI=1S/C18H23N3O3/c1-12-7-13(2)21-17(22)16(12)10-20-18(23)19-9-14-5-4-6-15(8-14)11-24-3/h4-8H,9-11H2,1-3H3,(H,21,22)(H2,19,20,23). The molecule has 0 saturated carbocycles. The molecule has 2 aromatic rings. The van der Waals surface area contributed by atoms with E-state index in [4.69, 9.17) is 4.74 Å². The number of aromatic nitrogens is 1. The minimum Gasteiger partial charge on any atom is -0.380 e. The second-order valence-electron chi connectivity index (χ2n) is 5.73. The summed E-state index contributed by atoms with van der Waals surface area (Å²) in [6.45, 7) is 4.83. The molecule has 0 aliphatic heterocycles. The van der Waals surface area contributed by atoms with Crippen LogP contribution in [0.25, 0.3) is 0 Å². The van der Waals surface area contributed by atoms with Gasteiger partial charge in [0.15, 0.2) is 0 Å². The van der Waals surface area contributed by atoms with Crippen molar-refractivity contribution >= 4 is 6.03 Å². The Hall–Kier alpha value is -2.60. The van der Waals surface area contributed by atoms with E-state index in [-0.39, 0.29) is 18.1 Å². The van der Waals surface area contributed by atoms with Crippen molar-refractivity contribution in [2.24, 2.45) is 0 Å². The highest BCUT2D eigenvalue weighted by molar-refractivity contribution is 5.73. The molecular weight excluding hydrogens is 306 g/mol. The number of urea groups is 1. The summed E-state index contributed by atoms with van der Waals surface area (Å²) in [5.74, 6) is 0. The molecule has 0 aliphatic rings. The van der Waals surface area contributed by atoms with Crippen LogP contribution in [0, 0.1) is 13.8 Å². The molecule has 2 rings (SSSR count). The molecule has 1 aromatic heterocycles. The van der Waals surface area contributed by atoms with Gasteiger partial charge in [0.1, 0.15) is 0 Å². The monoisotopic (exact) mass is 329 g/mol. The lowest BCUT2D eigenvalue weighted by Gasteiger charge is -2.10. The first-order chi connectivity index (χ1) is 11.5. The predicted molar refractivity (Wildman–Crippen MR) is 92.8 cm³/mol. The normalized spacial score (nSPS) is 10.5. The van der Waals surface area contributed by atoms with E-state index < -0.39 is 0 Å². The van der Waals surface area contributed by atoms with Gasteiger partial charge in [0.05, 0.1) is 13.2 Å². The van der Waals surface area contributed by atoms with Crippen LogP contribution in [0.2, 0.25) is 0 Å². The van der Waals surface area contributed by atoms with Gasteiger partial charge >= 0.3 is 6.03 Å². The highest BCUT2D eigenvalue weighted by Gasteiger charge is 2.07. The molecule has 128 valence electrons. The molecule has 0 aliphatic carbocycles. The van der Waals surface area contributed by atoms with Gasteiger partial charge in [-0.05, 0) is 36.6 Å². The van der Waals surface area contributed by atoms with Crippen LogP contribution in [0.3, 0.4) is 0 Å². The summed E-state index contributed by atoms with van der Waals surface area (Å²) in [5, 5.41) is 5.50. The van der Waals surface area contributed by atoms with Gasteiger partial charge in [-0.15, -0.1) is 0 Å². The van der Waals surface area contributed by atoms with Crippen molar-refractivity contribution in [1.29, 1.82) is 0 Å². The molecule has 2 amide bonds. The van der Waals surface area contributed by atoms with E-state index in [0.29, 0.717) is 18.7 Å². The second-order valence-corrected chi connectivity index (χ2v) is 5.73. The predicted octanol–water partition coefficient (Wildman–Crippen LogP) is 2.14. The minimum atomic E-state index is -0.313. The number of nitrogens with one attached hydrogen (secondary N) is 3. The summed E-state index contributed by atoms with van der Waals surface area (Å²) < 4.78 is 5.09. The molecule has 0 atom stereocenters. The lowest BCUT2D eigenvalue weighted by atomic mass is 10.1. The summed E-state index contributed by atoms with van der Waals surface area (Å²) in [6, 6.07) is 9.40. The van der Waals surface area contributed by atoms with Crippen LogP contribution >= 0.6 is 0 Å². The van der Waals surface area contributed by atoms with Crippen molar-refractivity contribution < 1.29 is 9.53 Å². The Labute approximate surface area is 141 Å². The van der Waals surface area contributed by atoms with Crippen molar-refractivity contribution in [3.8, 4) is 0 Å². The first-order valence-electron chi connectivity index (χ1n) is 7.77. The molecule has 1 heterocycles. The molecule has 0 unspecified atom stereocenters. The quantitative estimate of drug-likeness (QED) is 0.759. The van der Waals surface area contributed by atoms with E-state index in [0.717, 1.165) is 22.4 Å². The maximum Gasteiger partial charge on any atom is 0.315 e. The van der Waals surface area contributed by atoms with E-state index in [1.165, 1.54) is 0 Å². The fourth-order valence-corrected chi connectivity index (χ4v) is 2.51. The van der Waals surface area contributed by atoms with Crippen molar-refractivity contribution in [3.63, 3.8) is 0 Å². The van der Waals surface area contributed by atoms with Gasteiger partial charge in [0, 0.05) is 24.9 Å². The molecule has 0 fully saturated rings. The molecular formula is C18H23N3O3. The van der Waals surface area contributed by atoms with Crippen LogP contribution in [0.5, 0.6) is 0 Å². The number of pyridine rings is 1. The molecule has 6 nitrogen and oxygen atoms in total. The molecule has 3 N–H and O–H groups in total. The number of methoxy groups -OCH3 is 1. The fraction of sp³-hybridized carbons (Fsp3) is 0.333. The van der Waals surface area contributed by atoms with Crippen molar-refractivity contribution in [2.45, 2.75) is 33.5 Å². The number of aryl methyl sites for hydroxylation is 2. The van der Waals surface area contributed by atoms with Gasteiger partial charge < -0.3 is 20.4 Å². The van der Waals surface area contributed by atoms with Gasteiger partial charge in [-0.3, -0.25) is 4.79 Å². The first-order valence-corrected chi connectivity index (χ1v) is 7.77. The average Bonchev–Trinajstić information content (AvgIpc) is 2.52. The first kappa shape index (κ1) is 17.7. The van der Waals surface area contributed by atoms with Gasteiger partial charge in [0.25, 0.3) is 5.56 Å². The number of amides is 2. The molecule has 0 spiro atoms. The average molecular weight is 329 g/mol. The highest BCUT2D eigenvalue weighted by Crippen LogP contribution is 2.06. The fourth-order valence-electron chi connectivity index (χ4n) is 2.51. The number of carbonyl (C=O) groups excluding carboxylic acids is 1. The van der Waals surface area contributed by atoms with Crippen molar-refractivity contribution in [1.82, 2.24) is 15.6 Å². The number of benzene rings is 1. The second kappa shape index (κ2) is 8.31. The molecule has 1 aromatic carbocycles. The molecule has 24 heavy (non-hydrogen) atoms. The largest absolute Gasteiger partial charge is 0.380 e. The maximum absolute atomic E-state index is 11.9. The summed E-state index contributed by atoms with van der Waals surface area (Å²) in [7, 11) is 1.65. The number of hydrogen-bond acceptors (Lipinski definition) is 3. The zero-order chi connectivity index (χ0) is 17.5. The lowest BCUT2D eigenvalue weighted by molar-refractivity contribution is 0.185. The third-order valence-electron chi connectivity index (χ3n) is 3.67. The zero-order valence-corrected chi connectivity index (χ0v) is 14.2. The summed E-state index contributed by atoms with van der Waals surface area (Å²) in [5.41, 5.74) is 4.12. The smallest absolute Gasteiger partial charge is 0.315 e. The van der Waals surface area contributed by atoms with E-state index in [2.05, 4.69) is 15.6 Å². The Morgan fingerprint density at radius 3 is 2.54 bits per heavy atom. The number of rotatable bonds is 6. The van der Waals surface area contributed by atoms with Gasteiger partial charge in [-0.2, -0.15) is 0 Å². The van der Waals surface area contributed by atoms with E-state index >= 15 is 0 Å². The Bertz CT molecular complexity index is 768. The summed E-state index contributed by atoms with van der Waals surface area (Å²) in [6.07, 6.45) is 0. The SMILES string of the molecule is COCc1cccc(CNC(=O)NCc2c(C)cc(C)[nH]c2=O)c1. The van der Waals surface area contributed by atoms with Gasteiger partial charge in [-0.25, -0.2) is 4.79 Å². The van der Waals surface area contributed by atoms with Crippen LogP contribution in [0.4, 0.5) is 4.79 Å². The van der Waals surface area contributed by atoms with E-state index in [1.54, 1.807) is 7.11 Å². The molecule has 0 saturated heterocycles. The molecule has 0 bridgehead atoms. The Morgan fingerprint density at radius 2 is 1.83 bits per heavy atom. The van der Waals surface area contributed by atoms with E-state index in [1.807, 2.05) is 44.2 Å². The minimum absolute atomic E-state index is 0.167. The molecule has 6 heteroatoms. The van der Waals surface area contributed by atoms with Crippen molar-refractivity contribution in [2.75, 3.05) is 7.11 Å². The Kier molecular flexibility index (Phi) is 6.14. The summed E-state index contributed by atoms with van der Waals surface area (Å²) >= 11 is 0. The van der Waals surface area contributed by atoms with Gasteiger partial charge in [0.2, 0.25) is 0 Å². The number of hydrogen-bond donors (Lipinski definition) is 3. The number of ether oxygens (including phenoxy) is 1. The zero-order valence-electron chi connectivity index (χ0n) is 14.2. The third-order valence-corrected chi connectivity index (χ3v) is 3.67. The van der Waals surface area contributed by atoms with Crippen LogP contribution in [-0.2, 0) is 24.4 Å². The van der Waals surface area contributed by atoms with Crippen LogP contribution < -0.4 is 16.2 Å². The highest BCUT2D eigenvalue weighted by atomic mass is 16.5. The maximum atomic E-state index is 11.9. The van der Waals surface area contributed by atoms with Crippen LogP contribution in [0.15, 0.2) is 35.1 Å². The summed E-state index contributed by atoms with van der Waals surface area (Å²) in [4.78, 5) is 26.6. The molecule has 0 radical (unpaired) electrons. The van der Waals surface area contributed by atoms with Crippen LogP contribution in [0.1, 0.15) is 27.9 Å².